The molecule has 1 heterocycles. The first kappa shape index (κ1) is 9.67. The van der Waals surface area contributed by atoms with E-state index in [2.05, 4.69) is 9.72 Å². The summed E-state index contributed by atoms with van der Waals surface area (Å²) in [5.41, 5.74) is 1.07. The van der Waals surface area contributed by atoms with Crippen molar-refractivity contribution >= 4 is 17.6 Å². The number of hydrogen-bond donors (Lipinski definition) is 0. The van der Waals surface area contributed by atoms with Crippen LogP contribution in [0.3, 0.4) is 0 Å². The Labute approximate surface area is 78.8 Å². The molecular formula is C8H5ClFNO2. The van der Waals surface area contributed by atoms with E-state index in [0.717, 1.165) is 24.1 Å². The average Bonchev–Trinajstić information content (AvgIpc) is 2.15. The maximum Gasteiger partial charge on any atom is 0.361 e. The van der Waals surface area contributed by atoms with Gasteiger partial charge in [0.1, 0.15) is 17.8 Å². The molecule has 0 fully saturated rings. The minimum Gasteiger partial charge on any atom is -0.429 e. The molecule has 0 aliphatic heterocycles. The van der Waals surface area contributed by atoms with Crippen molar-refractivity contribution in [3.8, 4) is 0 Å². The highest BCUT2D eigenvalue weighted by molar-refractivity contribution is 6.25. The van der Waals surface area contributed by atoms with Gasteiger partial charge in [0.25, 0.3) is 0 Å². The summed E-state index contributed by atoms with van der Waals surface area (Å²) in [5.74, 6) is -1.19. The second-order valence-electron chi connectivity index (χ2n) is 2.03. The monoisotopic (exact) mass is 201 g/mol. The Hall–Kier alpha value is -1.42. The molecule has 5 heteroatoms. The molecule has 13 heavy (non-hydrogen) atoms. The molecule has 68 valence electrons. The van der Waals surface area contributed by atoms with Crippen LogP contribution in [0.5, 0.6) is 0 Å². The van der Waals surface area contributed by atoms with Crippen LogP contribution >= 0.6 is 11.6 Å². The van der Waals surface area contributed by atoms with E-state index in [1.807, 2.05) is 0 Å². The normalized spacial score (nSPS) is 10.3. The predicted octanol–water partition coefficient (Wildman–Crippen LogP) is 2.09. The molecule has 0 amide bonds. The summed E-state index contributed by atoms with van der Waals surface area (Å²) >= 11 is 5.12. The number of nitrogens with zero attached hydrogens (tertiary/aromatic N) is 1. The zero-order chi connectivity index (χ0) is 9.68. The van der Waals surface area contributed by atoms with Gasteiger partial charge in [0.05, 0.1) is 6.20 Å². The number of ether oxygens (including phenoxy) is 1. The molecule has 0 atom stereocenters. The fourth-order valence-corrected chi connectivity index (χ4v) is 0.696. The number of rotatable bonds is 2. The first-order valence-electron chi connectivity index (χ1n) is 3.32. The Morgan fingerprint density at radius 3 is 2.92 bits per heavy atom. The largest absolute Gasteiger partial charge is 0.429 e. The molecule has 0 spiro atoms. The molecule has 0 radical (unpaired) electrons. The Morgan fingerprint density at radius 1 is 1.62 bits per heavy atom. The van der Waals surface area contributed by atoms with E-state index in [-0.39, 0.29) is 5.69 Å². The molecule has 1 aromatic heterocycles. The van der Waals surface area contributed by atoms with Gasteiger partial charge in [0.15, 0.2) is 0 Å². The van der Waals surface area contributed by atoms with Gasteiger partial charge in [0.2, 0.25) is 0 Å². The zero-order valence-electron chi connectivity index (χ0n) is 6.41. The third-order valence-corrected chi connectivity index (χ3v) is 1.27. The van der Waals surface area contributed by atoms with Crippen molar-refractivity contribution in [2.45, 2.75) is 0 Å². The van der Waals surface area contributed by atoms with Gasteiger partial charge in [0, 0.05) is 5.54 Å². The van der Waals surface area contributed by atoms with Crippen LogP contribution in [0.15, 0.2) is 30.1 Å². The summed E-state index contributed by atoms with van der Waals surface area (Å²) in [5, 5.41) is 0. The summed E-state index contributed by atoms with van der Waals surface area (Å²) in [4.78, 5) is 14.5. The SMILES string of the molecule is O=C(OC=CCl)c1ccc(F)cn1. The van der Waals surface area contributed by atoms with Crippen molar-refractivity contribution in [3.63, 3.8) is 0 Å². The zero-order valence-corrected chi connectivity index (χ0v) is 7.16. The smallest absolute Gasteiger partial charge is 0.361 e. The average molecular weight is 202 g/mol. The molecule has 1 rings (SSSR count). The number of hydrogen-bond acceptors (Lipinski definition) is 3. The third kappa shape index (κ3) is 2.83. The lowest BCUT2D eigenvalue weighted by Crippen LogP contribution is -2.03. The van der Waals surface area contributed by atoms with E-state index in [0.29, 0.717) is 0 Å². The summed E-state index contributed by atoms with van der Waals surface area (Å²) in [6, 6.07) is 2.34. The summed E-state index contributed by atoms with van der Waals surface area (Å²) < 4.78 is 16.8. The molecule has 1 aromatic rings. The maximum absolute atomic E-state index is 12.4. The van der Waals surface area contributed by atoms with Gasteiger partial charge in [-0.05, 0) is 12.1 Å². The van der Waals surface area contributed by atoms with Crippen molar-refractivity contribution < 1.29 is 13.9 Å². The van der Waals surface area contributed by atoms with Crippen LogP contribution in [-0.4, -0.2) is 11.0 Å². The lowest BCUT2D eigenvalue weighted by atomic mass is 10.3. The Morgan fingerprint density at radius 2 is 2.38 bits per heavy atom. The quantitative estimate of drug-likeness (QED) is 0.543. The van der Waals surface area contributed by atoms with E-state index < -0.39 is 11.8 Å². The minimum absolute atomic E-state index is 0.0242. The molecular weight excluding hydrogens is 197 g/mol. The fraction of sp³-hybridized carbons (Fsp3) is 0. The van der Waals surface area contributed by atoms with E-state index in [4.69, 9.17) is 11.6 Å². The van der Waals surface area contributed by atoms with Gasteiger partial charge < -0.3 is 4.74 Å². The molecule has 3 nitrogen and oxygen atoms in total. The highest BCUT2D eigenvalue weighted by Crippen LogP contribution is 2.00. The predicted molar refractivity (Wildman–Crippen MR) is 44.6 cm³/mol. The second kappa shape index (κ2) is 4.57. The first-order valence-corrected chi connectivity index (χ1v) is 3.75. The molecule has 0 unspecified atom stereocenters. The van der Waals surface area contributed by atoms with Crippen molar-refractivity contribution in [1.82, 2.24) is 4.98 Å². The molecule has 0 aromatic carbocycles. The van der Waals surface area contributed by atoms with Gasteiger partial charge in [-0.15, -0.1) is 0 Å². The van der Waals surface area contributed by atoms with Crippen molar-refractivity contribution in [2.75, 3.05) is 0 Å². The molecule has 0 N–H and O–H groups in total. The number of halogens is 2. The first-order chi connectivity index (χ1) is 6.24. The molecule has 0 bridgehead atoms. The number of carbonyl (C=O) groups is 1. The molecule has 0 saturated carbocycles. The maximum atomic E-state index is 12.4. The van der Waals surface area contributed by atoms with E-state index in [1.54, 1.807) is 0 Å². The van der Waals surface area contributed by atoms with Crippen LogP contribution in [0.1, 0.15) is 10.5 Å². The van der Waals surface area contributed by atoms with Crippen LogP contribution in [-0.2, 0) is 4.74 Å². The highest BCUT2D eigenvalue weighted by Gasteiger charge is 2.06. The lowest BCUT2D eigenvalue weighted by Gasteiger charge is -1.96. The summed E-state index contributed by atoms with van der Waals surface area (Å²) in [6.45, 7) is 0. The van der Waals surface area contributed by atoms with Crippen LogP contribution in [0.25, 0.3) is 0 Å². The Balaban J connectivity index is 2.72. The Bertz CT molecular complexity index is 323. The van der Waals surface area contributed by atoms with E-state index in [1.165, 1.54) is 6.07 Å². The number of carbonyl (C=O) groups excluding carboxylic acids is 1. The van der Waals surface area contributed by atoms with Crippen molar-refractivity contribution in [3.05, 3.63) is 41.6 Å². The Kier molecular flexibility index (Phi) is 3.40. The standard InChI is InChI=1S/C8H5ClFNO2/c9-3-4-13-8(12)7-2-1-6(10)5-11-7/h1-5H. The van der Waals surface area contributed by atoms with Gasteiger partial charge in [-0.1, -0.05) is 11.6 Å². The highest BCUT2D eigenvalue weighted by atomic mass is 35.5. The van der Waals surface area contributed by atoms with Gasteiger partial charge >= 0.3 is 5.97 Å². The number of esters is 1. The van der Waals surface area contributed by atoms with E-state index >= 15 is 0 Å². The topological polar surface area (TPSA) is 39.2 Å². The van der Waals surface area contributed by atoms with Crippen molar-refractivity contribution in [1.29, 1.82) is 0 Å². The van der Waals surface area contributed by atoms with Gasteiger partial charge in [-0.2, -0.15) is 0 Å². The van der Waals surface area contributed by atoms with E-state index in [9.17, 15) is 9.18 Å². The van der Waals surface area contributed by atoms with Crippen LogP contribution in [0, 0.1) is 5.82 Å². The van der Waals surface area contributed by atoms with Crippen LogP contribution in [0.2, 0.25) is 0 Å². The third-order valence-electron chi connectivity index (χ3n) is 1.16. The van der Waals surface area contributed by atoms with Crippen molar-refractivity contribution in [2.24, 2.45) is 0 Å². The molecule has 0 aliphatic rings. The molecule has 0 saturated heterocycles. The fourth-order valence-electron chi connectivity index (χ4n) is 0.644. The lowest BCUT2D eigenvalue weighted by molar-refractivity contribution is 0.0657. The summed E-state index contributed by atoms with van der Waals surface area (Å²) in [7, 11) is 0. The van der Waals surface area contributed by atoms with Crippen LogP contribution in [0.4, 0.5) is 4.39 Å². The van der Waals surface area contributed by atoms with Gasteiger partial charge in [-0.3, -0.25) is 0 Å². The number of aromatic nitrogens is 1. The van der Waals surface area contributed by atoms with Crippen LogP contribution < -0.4 is 0 Å². The number of pyridine rings is 1. The second-order valence-corrected chi connectivity index (χ2v) is 2.28. The minimum atomic E-state index is -0.683. The molecule has 0 aliphatic carbocycles. The van der Waals surface area contributed by atoms with Gasteiger partial charge in [-0.25, -0.2) is 14.2 Å². The summed E-state index contributed by atoms with van der Waals surface area (Å²) in [6.07, 6.45) is 1.94.